The van der Waals surface area contributed by atoms with Crippen LogP contribution >= 0.6 is 11.3 Å². The zero-order chi connectivity index (χ0) is 16.2. The van der Waals surface area contributed by atoms with Gasteiger partial charge in [0.25, 0.3) is 0 Å². The maximum Gasteiger partial charge on any atom is 0.185 e. The first-order valence-corrected chi connectivity index (χ1v) is 9.55. The Morgan fingerprint density at radius 3 is 3.00 bits per heavy atom. The summed E-state index contributed by atoms with van der Waals surface area (Å²) < 4.78 is 6.01. The van der Waals surface area contributed by atoms with Gasteiger partial charge in [0, 0.05) is 49.4 Å². The molecule has 0 saturated carbocycles. The maximum absolute atomic E-state index is 6.01. The molecule has 4 heterocycles. The van der Waals surface area contributed by atoms with Crippen molar-refractivity contribution in [1.29, 1.82) is 0 Å². The Kier molecular flexibility index (Phi) is 4.78. The Morgan fingerprint density at radius 1 is 1.17 bits per heavy atom. The molecule has 5 nitrogen and oxygen atoms in total. The summed E-state index contributed by atoms with van der Waals surface area (Å²) in [6.07, 6.45) is 6.23. The molecule has 1 spiro atoms. The number of nitrogens with zero attached hydrogens (tertiary/aromatic N) is 4. The number of anilines is 1. The quantitative estimate of drug-likeness (QED) is 0.856. The van der Waals surface area contributed by atoms with E-state index in [4.69, 9.17) is 4.74 Å². The van der Waals surface area contributed by atoms with Gasteiger partial charge in [-0.1, -0.05) is 6.07 Å². The highest BCUT2D eigenvalue weighted by Crippen LogP contribution is 2.35. The largest absolute Gasteiger partial charge is 0.379 e. The summed E-state index contributed by atoms with van der Waals surface area (Å²) in [6.45, 7) is 6.78. The second-order valence-corrected chi connectivity index (χ2v) is 7.80. The van der Waals surface area contributed by atoms with E-state index in [1.807, 2.05) is 18.5 Å². The van der Waals surface area contributed by atoms with Crippen molar-refractivity contribution in [1.82, 2.24) is 14.9 Å². The van der Waals surface area contributed by atoms with Crippen molar-refractivity contribution in [3.05, 3.63) is 41.7 Å². The molecule has 0 N–H and O–H groups in total. The Labute approximate surface area is 147 Å². The number of ether oxygens (including phenoxy) is 1. The number of rotatable bonds is 3. The molecule has 4 rings (SSSR count). The van der Waals surface area contributed by atoms with Crippen LogP contribution in [0.25, 0.3) is 0 Å². The number of thiazole rings is 1. The maximum atomic E-state index is 6.01. The molecule has 2 aromatic rings. The third-order valence-corrected chi connectivity index (χ3v) is 5.81. The fourth-order valence-electron chi connectivity index (χ4n) is 3.94. The van der Waals surface area contributed by atoms with Crippen LogP contribution in [0, 0.1) is 5.41 Å². The second kappa shape index (κ2) is 7.17. The van der Waals surface area contributed by atoms with Crippen molar-refractivity contribution in [2.24, 2.45) is 5.41 Å². The molecule has 0 bridgehead atoms. The summed E-state index contributed by atoms with van der Waals surface area (Å²) >= 11 is 1.73. The molecular weight excluding hydrogens is 320 g/mol. The van der Waals surface area contributed by atoms with Gasteiger partial charge in [0.05, 0.1) is 18.9 Å². The monoisotopic (exact) mass is 344 g/mol. The van der Waals surface area contributed by atoms with Crippen molar-refractivity contribution in [2.45, 2.75) is 19.4 Å². The van der Waals surface area contributed by atoms with Crippen LogP contribution in [0.3, 0.4) is 0 Å². The van der Waals surface area contributed by atoms with E-state index in [0.717, 1.165) is 56.8 Å². The Balaban J connectivity index is 1.48. The van der Waals surface area contributed by atoms with Crippen LogP contribution in [0.15, 0.2) is 36.0 Å². The molecule has 128 valence electrons. The highest BCUT2D eigenvalue weighted by atomic mass is 32.1. The number of hydrogen-bond acceptors (Lipinski definition) is 6. The fourth-order valence-corrected chi connectivity index (χ4v) is 4.61. The molecule has 2 aromatic heterocycles. The summed E-state index contributed by atoms with van der Waals surface area (Å²) in [4.78, 5) is 14.0. The van der Waals surface area contributed by atoms with Crippen LogP contribution in [-0.2, 0) is 11.3 Å². The van der Waals surface area contributed by atoms with Gasteiger partial charge in [-0.15, -0.1) is 11.3 Å². The number of hydrogen-bond donors (Lipinski definition) is 0. The van der Waals surface area contributed by atoms with Crippen LogP contribution in [0.5, 0.6) is 0 Å². The zero-order valence-electron chi connectivity index (χ0n) is 13.9. The summed E-state index contributed by atoms with van der Waals surface area (Å²) in [7, 11) is 0. The summed E-state index contributed by atoms with van der Waals surface area (Å²) in [5, 5.41) is 3.18. The molecule has 0 amide bonds. The van der Waals surface area contributed by atoms with E-state index in [-0.39, 0.29) is 5.41 Å². The predicted molar refractivity (Wildman–Crippen MR) is 96.3 cm³/mol. The third kappa shape index (κ3) is 3.61. The minimum Gasteiger partial charge on any atom is -0.379 e. The molecule has 2 aliphatic rings. The lowest BCUT2D eigenvalue weighted by Crippen LogP contribution is -2.50. The SMILES string of the molecule is c1ccc(CN2CCCC3(COCCN(c4nccs4)C3)C2)nc1. The second-order valence-electron chi connectivity index (χ2n) is 6.92. The lowest BCUT2D eigenvalue weighted by molar-refractivity contribution is 0.0103. The number of piperidine rings is 1. The smallest absolute Gasteiger partial charge is 0.185 e. The van der Waals surface area contributed by atoms with Gasteiger partial charge in [-0.05, 0) is 31.5 Å². The lowest BCUT2D eigenvalue weighted by Gasteiger charge is -2.43. The van der Waals surface area contributed by atoms with Gasteiger partial charge in [-0.3, -0.25) is 9.88 Å². The van der Waals surface area contributed by atoms with E-state index in [2.05, 4.69) is 37.3 Å². The molecule has 24 heavy (non-hydrogen) atoms. The minimum absolute atomic E-state index is 0.204. The Morgan fingerprint density at radius 2 is 2.17 bits per heavy atom. The van der Waals surface area contributed by atoms with Gasteiger partial charge < -0.3 is 9.64 Å². The van der Waals surface area contributed by atoms with E-state index >= 15 is 0 Å². The number of pyridine rings is 1. The van der Waals surface area contributed by atoms with Gasteiger partial charge >= 0.3 is 0 Å². The Bertz CT molecular complexity index is 636. The van der Waals surface area contributed by atoms with E-state index in [1.165, 1.54) is 12.8 Å². The van der Waals surface area contributed by atoms with E-state index in [0.29, 0.717) is 0 Å². The van der Waals surface area contributed by atoms with Crippen LogP contribution in [0.4, 0.5) is 5.13 Å². The average Bonchev–Trinajstić information content (AvgIpc) is 3.07. The van der Waals surface area contributed by atoms with Gasteiger partial charge in [0.15, 0.2) is 5.13 Å². The standard InChI is InChI=1S/C18H24N4OS/c1-2-6-19-16(4-1)12-21-8-3-5-18(13-21)14-22(9-10-23-15-18)17-20-7-11-24-17/h1-2,4,6-7,11H,3,5,8-10,12-15H2. The predicted octanol–water partition coefficient (Wildman–Crippen LogP) is 2.66. The molecule has 2 saturated heterocycles. The average molecular weight is 344 g/mol. The lowest BCUT2D eigenvalue weighted by atomic mass is 9.80. The first-order valence-electron chi connectivity index (χ1n) is 8.68. The van der Waals surface area contributed by atoms with E-state index in [1.54, 1.807) is 11.3 Å². The van der Waals surface area contributed by atoms with Crippen molar-refractivity contribution >= 4 is 16.5 Å². The number of aromatic nitrogens is 2. The molecule has 0 aromatic carbocycles. The minimum atomic E-state index is 0.204. The fraction of sp³-hybridized carbons (Fsp3) is 0.556. The van der Waals surface area contributed by atoms with Crippen LogP contribution < -0.4 is 4.90 Å². The summed E-state index contributed by atoms with van der Waals surface area (Å²) in [5.74, 6) is 0. The normalized spacial score (nSPS) is 25.8. The van der Waals surface area contributed by atoms with Crippen LogP contribution in [0.2, 0.25) is 0 Å². The highest BCUT2D eigenvalue weighted by molar-refractivity contribution is 7.13. The first-order chi connectivity index (χ1) is 11.8. The van der Waals surface area contributed by atoms with E-state index in [9.17, 15) is 0 Å². The van der Waals surface area contributed by atoms with Crippen LogP contribution in [-0.4, -0.2) is 54.3 Å². The van der Waals surface area contributed by atoms with Crippen molar-refractivity contribution in [2.75, 3.05) is 44.3 Å². The van der Waals surface area contributed by atoms with Gasteiger partial charge in [-0.2, -0.15) is 0 Å². The third-order valence-electron chi connectivity index (χ3n) is 4.98. The van der Waals surface area contributed by atoms with E-state index < -0.39 is 0 Å². The van der Waals surface area contributed by atoms with Crippen LogP contribution in [0.1, 0.15) is 18.5 Å². The van der Waals surface area contributed by atoms with Crippen molar-refractivity contribution < 1.29 is 4.74 Å². The molecule has 1 unspecified atom stereocenters. The molecule has 2 aliphatic heterocycles. The molecule has 0 aliphatic carbocycles. The summed E-state index contributed by atoms with van der Waals surface area (Å²) in [5.41, 5.74) is 1.36. The highest BCUT2D eigenvalue weighted by Gasteiger charge is 2.39. The zero-order valence-corrected chi connectivity index (χ0v) is 14.7. The molecular formula is C18H24N4OS. The van der Waals surface area contributed by atoms with Gasteiger partial charge in [0.2, 0.25) is 0 Å². The van der Waals surface area contributed by atoms with Gasteiger partial charge in [-0.25, -0.2) is 4.98 Å². The molecule has 2 fully saturated rings. The first kappa shape index (κ1) is 16.0. The topological polar surface area (TPSA) is 41.5 Å². The number of likely N-dealkylation sites (tertiary alicyclic amines) is 1. The molecule has 0 radical (unpaired) electrons. The Hall–Kier alpha value is -1.50. The molecule has 6 heteroatoms. The van der Waals surface area contributed by atoms with Crippen molar-refractivity contribution in [3.8, 4) is 0 Å². The van der Waals surface area contributed by atoms with Crippen molar-refractivity contribution in [3.63, 3.8) is 0 Å². The van der Waals surface area contributed by atoms with Gasteiger partial charge in [0.1, 0.15) is 0 Å². The summed E-state index contributed by atoms with van der Waals surface area (Å²) in [6, 6.07) is 6.17. The molecule has 1 atom stereocenters.